The van der Waals surface area contributed by atoms with Crippen molar-refractivity contribution in [2.45, 2.75) is 48.7 Å². The minimum atomic E-state index is -0.376. The second-order valence-corrected chi connectivity index (χ2v) is 12.4. The highest BCUT2D eigenvalue weighted by Gasteiger charge is 2.51. The SMILES string of the molecule is CC1(C)OB(c2ccc(-n3c4ccccc4c4c5cccc6c5n(c43)-c3ccccc3S6)cc2)OC1(C)C. The van der Waals surface area contributed by atoms with E-state index in [2.05, 4.69) is 128 Å². The molecule has 4 heterocycles. The minimum absolute atomic E-state index is 0.364. The molecule has 6 aromatic rings. The van der Waals surface area contributed by atoms with Crippen molar-refractivity contribution in [1.82, 2.24) is 9.13 Å². The summed E-state index contributed by atoms with van der Waals surface area (Å²) in [5.74, 6) is 0. The van der Waals surface area contributed by atoms with Crippen LogP contribution in [0.15, 0.2) is 101 Å². The van der Waals surface area contributed by atoms with Gasteiger partial charge in [0.15, 0.2) is 0 Å². The van der Waals surface area contributed by atoms with Crippen LogP contribution in [0.3, 0.4) is 0 Å². The van der Waals surface area contributed by atoms with Crippen molar-refractivity contribution >= 4 is 57.2 Å². The highest BCUT2D eigenvalue weighted by atomic mass is 32.2. The van der Waals surface area contributed by atoms with E-state index in [0.29, 0.717) is 0 Å². The maximum Gasteiger partial charge on any atom is 0.494 e. The van der Waals surface area contributed by atoms with Gasteiger partial charge in [0.25, 0.3) is 0 Å². The van der Waals surface area contributed by atoms with E-state index >= 15 is 0 Å². The lowest BCUT2D eigenvalue weighted by Gasteiger charge is -2.32. The smallest absolute Gasteiger partial charge is 0.399 e. The normalized spacial score (nSPS) is 17.5. The Kier molecular flexibility index (Phi) is 4.49. The van der Waals surface area contributed by atoms with Crippen LogP contribution in [0.5, 0.6) is 0 Å². The van der Waals surface area contributed by atoms with Gasteiger partial charge in [-0.05, 0) is 69.6 Å². The first kappa shape index (κ1) is 22.5. The molecule has 186 valence electrons. The highest BCUT2D eigenvalue weighted by molar-refractivity contribution is 7.99. The topological polar surface area (TPSA) is 28.3 Å². The van der Waals surface area contributed by atoms with E-state index in [4.69, 9.17) is 9.31 Å². The molecule has 6 heteroatoms. The monoisotopic (exact) mass is 514 g/mol. The van der Waals surface area contributed by atoms with Gasteiger partial charge in [-0.1, -0.05) is 66.4 Å². The van der Waals surface area contributed by atoms with Crippen LogP contribution >= 0.6 is 11.8 Å². The van der Waals surface area contributed by atoms with E-state index in [9.17, 15) is 0 Å². The van der Waals surface area contributed by atoms with Crippen LogP contribution < -0.4 is 5.46 Å². The van der Waals surface area contributed by atoms with Gasteiger partial charge in [-0.3, -0.25) is 9.13 Å². The van der Waals surface area contributed by atoms with Crippen molar-refractivity contribution in [3.8, 4) is 11.4 Å². The Morgan fingerprint density at radius 2 is 1.32 bits per heavy atom. The molecular weight excluding hydrogens is 487 g/mol. The summed E-state index contributed by atoms with van der Waals surface area (Å²) in [5, 5.41) is 3.86. The van der Waals surface area contributed by atoms with Crippen LogP contribution in [0.4, 0.5) is 0 Å². The average molecular weight is 514 g/mol. The van der Waals surface area contributed by atoms with Gasteiger partial charge in [0.1, 0.15) is 5.65 Å². The number of hydrogen-bond donors (Lipinski definition) is 0. The van der Waals surface area contributed by atoms with Gasteiger partial charge in [0, 0.05) is 31.6 Å². The summed E-state index contributed by atoms with van der Waals surface area (Å²) in [6.45, 7) is 8.38. The Morgan fingerprint density at radius 3 is 2.11 bits per heavy atom. The second kappa shape index (κ2) is 7.57. The summed E-state index contributed by atoms with van der Waals surface area (Å²) in [7, 11) is -0.376. The largest absolute Gasteiger partial charge is 0.494 e. The average Bonchev–Trinajstić information content (AvgIpc) is 3.50. The summed E-state index contributed by atoms with van der Waals surface area (Å²) in [5.41, 5.74) is 6.34. The Labute approximate surface area is 226 Å². The summed E-state index contributed by atoms with van der Waals surface area (Å²) in [6.07, 6.45) is 0. The van der Waals surface area contributed by atoms with Gasteiger partial charge in [-0.15, -0.1) is 0 Å². The predicted molar refractivity (Wildman–Crippen MR) is 157 cm³/mol. The van der Waals surface area contributed by atoms with Crippen molar-refractivity contribution in [2.24, 2.45) is 0 Å². The maximum atomic E-state index is 6.32. The molecule has 1 fully saturated rings. The molecule has 0 amide bonds. The van der Waals surface area contributed by atoms with Gasteiger partial charge < -0.3 is 9.31 Å². The number of rotatable bonds is 2. The van der Waals surface area contributed by atoms with Crippen LogP contribution in [0, 0.1) is 0 Å². The van der Waals surface area contributed by atoms with Crippen LogP contribution in [-0.4, -0.2) is 27.5 Å². The van der Waals surface area contributed by atoms with Crippen LogP contribution in [-0.2, 0) is 9.31 Å². The summed E-state index contributed by atoms with van der Waals surface area (Å²) in [4.78, 5) is 2.57. The third-order valence-corrected chi connectivity index (χ3v) is 9.67. The Hall–Kier alpha value is -3.45. The van der Waals surface area contributed by atoms with Crippen molar-refractivity contribution < 1.29 is 9.31 Å². The van der Waals surface area contributed by atoms with E-state index in [-0.39, 0.29) is 18.3 Å². The molecule has 1 saturated heterocycles. The van der Waals surface area contributed by atoms with Crippen molar-refractivity contribution in [1.29, 1.82) is 0 Å². The molecule has 0 atom stereocenters. The molecule has 0 N–H and O–H groups in total. The standard InChI is InChI=1S/C32H27BN2O2S/c1-31(2)32(3,4)37-33(36-31)20-16-18-21(19-17-20)34-24-12-6-5-10-22(24)28-23-11-9-15-27-29(23)35(30(28)34)25-13-7-8-14-26(25)38-27/h5-19H,1-4H3. The number of hydrogen-bond acceptors (Lipinski definition) is 3. The lowest BCUT2D eigenvalue weighted by atomic mass is 9.79. The second-order valence-electron chi connectivity index (χ2n) is 11.3. The number of fused-ring (bicyclic) bond motifs is 7. The van der Waals surface area contributed by atoms with Crippen molar-refractivity contribution in [2.75, 3.05) is 0 Å². The van der Waals surface area contributed by atoms with Gasteiger partial charge >= 0.3 is 7.12 Å². The molecule has 4 aromatic carbocycles. The first-order valence-electron chi connectivity index (χ1n) is 13.1. The maximum absolute atomic E-state index is 6.32. The molecule has 0 aliphatic carbocycles. The quantitative estimate of drug-likeness (QED) is 0.224. The lowest BCUT2D eigenvalue weighted by molar-refractivity contribution is 0.00578. The number of para-hydroxylation sites is 3. The van der Waals surface area contributed by atoms with Crippen LogP contribution in [0.1, 0.15) is 27.7 Å². The van der Waals surface area contributed by atoms with E-state index in [0.717, 1.165) is 11.2 Å². The Bertz CT molecular complexity index is 1900. The molecule has 0 radical (unpaired) electrons. The Balaban J connectivity index is 1.39. The number of benzene rings is 4. The summed E-state index contributed by atoms with van der Waals surface area (Å²) in [6, 6.07) is 32.8. The molecule has 0 saturated carbocycles. The molecule has 38 heavy (non-hydrogen) atoms. The van der Waals surface area contributed by atoms with Gasteiger partial charge in [0.05, 0.1) is 27.9 Å². The van der Waals surface area contributed by atoms with Crippen LogP contribution in [0.25, 0.3) is 44.2 Å². The summed E-state index contributed by atoms with van der Waals surface area (Å²) < 4.78 is 17.5. The molecule has 2 aliphatic rings. The third kappa shape index (κ3) is 2.91. The predicted octanol–water partition coefficient (Wildman–Crippen LogP) is 7.49. The molecule has 4 nitrogen and oxygen atoms in total. The highest BCUT2D eigenvalue weighted by Crippen LogP contribution is 2.49. The third-order valence-electron chi connectivity index (χ3n) is 8.56. The molecule has 0 spiro atoms. The minimum Gasteiger partial charge on any atom is -0.399 e. The first-order chi connectivity index (χ1) is 18.3. The zero-order valence-corrected chi connectivity index (χ0v) is 22.7. The van der Waals surface area contributed by atoms with Gasteiger partial charge in [-0.2, -0.15) is 0 Å². The van der Waals surface area contributed by atoms with Gasteiger partial charge in [0.2, 0.25) is 0 Å². The molecule has 8 rings (SSSR count). The van der Waals surface area contributed by atoms with E-state index in [1.807, 2.05) is 11.8 Å². The van der Waals surface area contributed by atoms with E-state index in [1.165, 1.54) is 48.3 Å². The van der Waals surface area contributed by atoms with Crippen LogP contribution in [0.2, 0.25) is 0 Å². The number of nitrogens with zero attached hydrogens (tertiary/aromatic N) is 2. The molecular formula is C32H27BN2O2S. The first-order valence-corrected chi connectivity index (χ1v) is 14.0. The zero-order valence-electron chi connectivity index (χ0n) is 21.9. The van der Waals surface area contributed by atoms with Crippen molar-refractivity contribution in [3.05, 3.63) is 91.0 Å². The zero-order chi connectivity index (χ0) is 25.8. The van der Waals surface area contributed by atoms with Gasteiger partial charge in [-0.25, -0.2) is 0 Å². The number of aromatic nitrogens is 2. The summed E-state index contributed by atoms with van der Waals surface area (Å²) >= 11 is 1.86. The molecule has 0 bridgehead atoms. The lowest BCUT2D eigenvalue weighted by Crippen LogP contribution is -2.41. The van der Waals surface area contributed by atoms with E-state index < -0.39 is 0 Å². The molecule has 2 aliphatic heterocycles. The molecule has 0 unspecified atom stereocenters. The fraction of sp³-hybridized carbons (Fsp3) is 0.188. The fourth-order valence-corrected chi connectivity index (χ4v) is 7.04. The van der Waals surface area contributed by atoms with E-state index in [1.54, 1.807) is 0 Å². The molecule has 2 aromatic heterocycles. The van der Waals surface area contributed by atoms with Crippen molar-refractivity contribution in [3.63, 3.8) is 0 Å². The Morgan fingerprint density at radius 1 is 0.658 bits per heavy atom. The fourth-order valence-electron chi connectivity index (χ4n) is 5.95.